The number of amides is 1. The van der Waals surface area contributed by atoms with Crippen molar-refractivity contribution in [3.63, 3.8) is 0 Å². The second-order valence-corrected chi connectivity index (χ2v) is 6.03. The van der Waals surface area contributed by atoms with Gasteiger partial charge in [0.2, 0.25) is 5.91 Å². The van der Waals surface area contributed by atoms with Gasteiger partial charge in [0.05, 0.1) is 0 Å². The first-order valence-electron chi connectivity index (χ1n) is 6.72. The van der Waals surface area contributed by atoms with E-state index in [1.807, 2.05) is 37.3 Å². The molecular weight excluding hydrogens is 300 g/mol. The number of nitrogens with zero attached hydrogens (tertiary/aromatic N) is 3. The van der Waals surface area contributed by atoms with Crippen LogP contribution in [0.3, 0.4) is 0 Å². The number of aryl methyl sites for hydroxylation is 2. The van der Waals surface area contributed by atoms with Crippen molar-refractivity contribution < 1.29 is 9.32 Å². The van der Waals surface area contributed by atoms with E-state index in [0.29, 0.717) is 16.6 Å². The van der Waals surface area contributed by atoms with Crippen molar-refractivity contribution in [2.75, 3.05) is 5.32 Å². The molecule has 0 unspecified atom stereocenters. The predicted molar refractivity (Wildman–Crippen MR) is 82.8 cm³/mol. The van der Waals surface area contributed by atoms with E-state index < -0.39 is 5.92 Å². The lowest BCUT2D eigenvalue weighted by Gasteiger charge is -2.13. The lowest BCUT2D eigenvalue weighted by atomic mass is 9.99. The fraction of sp³-hybridized carbons (Fsp3) is 0.200. The third-order valence-corrected chi connectivity index (χ3v) is 3.97. The third-order valence-electron chi connectivity index (χ3n) is 3.06. The summed E-state index contributed by atoms with van der Waals surface area (Å²) in [7, 11) is 0. The Bertz CT molecular complexity index is 782. The molecule has 0 bridgehead atoms. The quantitative estimate of drug-likeness (QED) is 0.801. The highest BCUT2D eigenvalue weighted by atomic mass is 32.1. The molecule has 1 aromatic carbocycles. The average Bonchev–Trinajstić information content (AvgIpc) is 3.09. The molecule has 2 aromatic heterocycles. The molecule has 0 spiro atoms. The Morgan fingerprint density at radius 2 is 2.00 bits per heavy atom. The van der Waals surface area contributed by atoms with Gasteiger partial charge in [0, 0.05) is 6.07 Å². The van der Waals surface area contributed by atoms with Crippen LogP contribution in [0.1, 0.15) is 27.3 Å². The molecule has 0 fully saturated rings. The van der Waals surface area contributed by atoms with Gasteiger partial charge < -0.3 is 9.84 Å². The van der Waals surface area contributed by atoms with Crippen LogP contribution in [0.15, 0.2) is 40.9 Å². The number of nitrogens with one attached hydrogen (secondary N) is 1. The molecule has 3 rings (SSSR count). The summed E-state index contributed by atoms with van der Waals surface area (Å²) in [5, 5.41) is 16.2. The van der Waals surface area contributed by atoms with Crippen molar-refractivity contribution in [1.29, 1.82) is 0 Å². The maximum absolute atomic E-state index is 12.7. The van der Waals surface area contributed by atoms with Crippen molar-refractivity contribution in [3.05, 3.63) is 57.7 Å². The van der Waals surface area contributed by atoms with Crippen LogP contribution in [-0.2, 0) is 4.79 Å². The number of anilines is 1. The highest BCUT2D eigenvalue weighted by molar-refractivity contribution is 7.11. The zero-order chi connectivity index (χ0) is 15.5. The zero-order valence-corrected chi connectivity index (χ0v) is 12.9. The number of carbonyl (C=O) groups excluding carboxylic acids is 1. The zero-order valence-electron chi connectivity index (χ0n) is 12.1. The molecule has 2 heterocycles. The summed E-state index contributed by atoms with van der Waals surface area (Å²) >= 11 is 1.41. The highest BCUT2D eigenvalue weighted by Gasteiger charge is 2.27. The van der Waals surface area contributed by atoms with Crippen LogP contribution in [0.4, 0.5) is 5.82 Å². The van der Waals surface area contributed by atoms with Gasteiger partial charge in [-0.2, -0.15) is 0 Å². The van der Waals surface area contributed by atoms with Crippen molar-refractivity contribution in [1.82, 2.24) is 15.4 Å². The van der Waals surface area contributed by atoms with Gasteiger partial charge in [-0.3, -0.25) is 4.79 Å². The highest BCUT2D eigenvalue weighted by Crippen LogP contribution is 2.28. The van der Waals surface area contributed by atoms with Crippen molar-refractivity contribution in [2.45, 2.75) is 19.8 Å². The van der Waals surface area contributed by atoms with Gasteiger partial charge in [-0.05, 0) is 19.4 Å². The van der Waals surface area contributed by atoms with Crippen LogP contribution >= 0.6 is 11.3 Å². The van der Waals surface area contributed by atoms with Crippen molar-refractivity contribution in [3.8, 4) is 0 Å². The minimum absolute atomic E-state index is 0.212. The van der Waals surface area contributed by atoms with E-state index in [-0.39, 0.29) is 5.91 Å². The molecular formula is C15H14N4O2S. The Morgan fingerprint density at radius 3 is 2.59 bits per heavy atom. The molecule has 0 saturated heterocycles. The number of carbonyl (C=O) groups is 1. The molecule has 1 N–H and O–H groups in total. The Labute approximate surface area is 131 Å². The van der Waals surface area contributed by atoms with Crippen LogP contribution in [0.25, 0.3) is 0 Å². The normalized spacial score (nSPS) is 12.1. The van der Waals surface area contributed by atoms with Gasteiger partial charge in [0.1, 0.15) is 21.7 Å². The fourth-order valence-electron chi connectivity index (χ4n) is 2.10. The molecule has 6 nitrogen and oxygen atoms in total. The lowest BCUT2D eigenvalue weighted by molar-refractivity contribution is -0.116. The van der Waals surface area contributed by atoms with Crippen LogP contribution < -0.4 is 5.32 Å². The molecule has 3 aromatic rings. The smallest absolute Gasteiger partial charge is 0.240 e. The summed E-state index contributed by atoms with van der Waals surface area (Å²) in [5.74, 6) is 0.294. The maximum atomic E-state index is 12.7. The summed E-state index contributed by atoms with van der Waals surface area (Å²) in [6.07, 6.45) is 0. The van der Waals surface area contributed by atoms with E-state index in [4.69, 9.17) is 4.52 Å². The fourth-order valence-corrected chi connectivity index (χ4v) is 2.93. The molecule has 1 amide bonds. The van der Waals surface area contributed by atoms with E-state index in [2.05, 4.69) is 20.7 Å². The van der Waals surface area contributed by atoms with Gasteiger partial charge in [0.15, 0.2) is 5.82 Å². The minimum atomic E-state index is -0.524. The summed E-state index contributed by atoms with van der Waals surface area (Å²) in [5.41, 5.74) is 0.858. The van der Waals surface area contributed by atoms with E-state index in [1.54, 1.807) is 13.0 Å². The lowest BCUT2D eigenvalue weighted by Crippen LogP contribution is -2.22. The number of aromatic nitrogens is 3. The monoisotopic (exact) mass is 314 g/mol. The van der Waals surface area contributed by atoms with E-state index in [1.165, 1.54) is 11.3 Å². The molecule has 112 valence electrons. The van der Waals surface area contributed by atoms with Gasteiger partial charge in [0.25, 0.3) is 0 Å². The van der Waals surface area contributed by atoms with Gasteiger partial charge >= 0.3 is 0 Å². The Hall–Kier alpha value is -2.54. The Balaban J connectivity index is 1.93. The summed E-state index contributed by atoms with van der Waals surface area (Å²) in [6.45, 7) is 3.63. The predicted octanol–water partition coefficient (Wildman–Crippen LogP) is 2.91. The van der Waals surface area contributed by atoms with Crippen LogP contribution in [-0.4, -0.2) is 21.3 Å². The number of hydrogen-bond acceptors (Lipinski definition) is 6. The van der Waals surface area contributed by atoms with Crippen LogP contribution in [0, 0.1) is 13.8 Å². The molecule has 0 saturated carbocycles. The van der Waals surface area contributed by atoms with Crippen molar-refractivity contribution in [2.24, 2.45) is 0 Å². The summed E-state index contributed by atoms with van der Waals surface area (Å²) in [6, 6.07) is 11.2. The molecule has 0 radical (unpaired) electrons. The first kappa shape index (κ1) is 14.4. The van der Waals surface area contributed by atoms with E-state index in [0.717, 1.165) is 10.6 Å². The molecule has 22 heavy (non-hydrogen) atoms. The second kappa shape index (κ2) is 6.07. The maximum Gasteiger partial charge on any atom is 0.240 e. The second-order valence-electron chi connectivity index (χ2n) is 4.82. The third kappa shape index (κ3) is 3.04. The van der Waals surface area contributed by atoms with E-state index >= 15 is 0 Å². The van der Waals surface area contributed by atoms with Gasteiger partial charge in [-0.25, -0.2) is 0 Å². The molecule has 0 aliphatic rings. The van der Waals surface area contributed by atoms with Gasteiger partial charge in [-0.1, -0.05) is 35.5 Å². The first-order valence-corrected chi connectivity index (χ1v) is 7.54. The topological polar surface area (TPSA) is 80.9 Å². The average molecular weight is 314 g/mol. The largest absolute Gasteiger partial charge is 0.360 e. The minimum Gasteiger partial charge on any atom is -0.360 e. The standard InChI is InChI=1S/C15H14N4O2S/c1-9-8-12(19-21-9)16-14(20)13(11-6-4-3-5-7-11)15-18-17-10(2)22-15/h3-8,13H,1-2H3,(H,16,19,20)/t13-/m0/s1. The first-order chi connectivity index (χ1) is 10.6. The number of benzene rings is 1. The molecule has 1 atom stereocenters. The van der Waals surface area contributed by atoms with Gasteiger partial charge in [-0.15, -0.1) is 21.5 Å². The Kier molecular flexibility index (Phi) is 3.97. The SMILES string of the molecule is Cc1cc(NC(=O)[C@H](c2ccccc2)c2nnc(C)s2)no1. The summed E-state index contributed by atoms with van der Waals surface area (Å²) < 4.78 is 4.97. The Morgan fingerprint density at radius 1 is 1.23 bits per heavy atom. The number of hydrogen-bond donors (Lipinski definition) is 1. The molecule has 0 aliphatic heterocycles. The van der Waals surface area contributed by atoms with E-state index in [9.17, 15) is 4.79 Å². The van der Waals surface area contributed by atoms with Crippen molar-refractivity contribution >= 4 is 23.1 Å². The molecule has 7 heteroatoms. The molecule has 0 aliphatic carbocycles. The van der Waals surface area contributed by atoms with Crippen LogP contribution in [0.2, 0.25) is 0 Å². The summed E-state index contributed by atoms with van der Waals surface area (Å²) in [4.78, 5) is 12.7. The van der Waals surface area contributed by atoms with Crippen LogP contribution in [0.5, 0.6) is 0 Å². The number of rotatable bonds is 4.